The Morgan fingerprint density at radius 1 is 1.31 bits per heavy atom. The average Bonchev–Trinajstić information content (AvgIpc) is 2.73. The fourth-order valence-corrected chi connectivity index (χ4v) is 1.36. The van der Waals surface area contributed by atoms with E-state index in [4.69, 9.17) is 9.15 Å². The summed E-state index contributed by atoms with van der Waals surface area (Å²) < 4.78 is 10.3. The van der Waals surface area contributed by atoms with Crippen LogP contribution >= 0.6 is 0 Å². The molecule has 0 saturated heterocycles. The number of oxazole rings is 1. The summed E-state index contributed by atoms with van der Waals surface area (Å²) >= 11 is 0. The maximum Gasteiger partial charge on any atom is 0.416 e. The highest BCUT2D eigenvalue weighted by atomic mass is 16.5. The molecule has 0 aliphatic carbocycles. The predicted octanol–water partition coefficient (Wildman–Crippen LogP) is 2.11. The number of benzene rings is 1. The largest absolute Gasteiger partial charge is 0.486 e. The molecule has 0 atom stereocenters. The zero-order valence-electron chi connectivity index (χ0n) is 9.03. The Hall–Kier alpha value is -1.97. The highest BCUT2D eigenvalue weighted by Gasteiger charge is 2.00. The number of rotatable bonds is 4. The van der Waals surface area contributed by atoms with Crippen molar-refractivity contribution in [1.82, 2.24) is 4.98 Å². The Kier molecular flexibility index (Phi) is 3.10. The molecule has 16 heavy (non-hydrogen) atoms. The molecular weight excluding hydrogens is 206 g/mol. The quantitative estimate of drug-likeness (QED) is 0.856. The molecule has 0 radical (unpaired) electrons. The van der Waals surface area contributed by atoms with E-state index in [9.17, 15) is 4.79 Å². The molecule has 1 N–H and O–H groups in total. The first-order valence-electron chi connectivity index (χ1n) is 5.17. The summed E-state index contributed by atoms with van der Waals surface area (Å²) in [6, 6.07) is 7.85. The molecule has 0 aliphatic heterocycles. The van der Waals surface area contributed by atoms with Crippen LogP contribution < -0.4 is 10.5 Å². The SMILES string of the molecule is CCc1ccc(OCc2c[nH]c(=O)o2)cc1. The Balaban J connectivity index is 1.96. The highest BCUT2D eigenvalue weighted by molar-refractivity contribution is 5.27. The van der Waals surface area contributed by atoms with E-state index in [0.29, 0.717) is 5.76 Å². The molecule has 0 fully saturated rings. The van der Waals surface area contributed by atoms with Crippen LogP contribution in [0.5, 0.6) is 5.75 Å². The van der Waals surface area contributed by atoms with Gasteiger partial charge in [-0.2, -0.15) is 0 Å². The fourth-order valence-electron chi connectivity index (χ4n) is 1.36. The summed E-state index contributed by atoms with van der Waals surface area (Å²) in [6.07, 6.45) is 2.51. The van der Waals surface area contributed by atoms with E-state index in [0.717, 1.165) is 12.2 Å². The maximum atomic E-state index is 10.7. The number of hydrogen-bond acceptors (Lipinski definition) is 3. The van der Waals surface area contributed by atoms with Crippen LogP contribution in [0.25, 0.3) is 0 Å². The van der Waals surface area contributed by atoms with Crippen molar-refractivity contribution in [1.29, 1.82) is 0 Å². The van der Waals surface area contributed by atoms with E-state index >= 15 is 0 Å². The lowest BCUT2D eigenvalue weighted by Gasteiger charge is -2.04. The summed E-state index contributed by atoms with van der Waals surface area (Å²) in [5, 5.41) is 0. The maximum absolute atomic E-state index is 10.7. The monoisotopic (exact) mass is 219 g/mol. The van der Waals surface area contributed by atoms with Crippen LogP contribution in [0.3, 0.4) is 0 Å². The number of nitrogens with one attached hydrogen (secondary N) is 1. The lowest BCUT2D eigenvalue weighted by molar-refractivity contribution is 0.266. The molecule has 1 aromatic carbocycles. The first-order chi connectivity index (χ1) is 7.78. The average molecular weight is 219 g/mol. The summed E-state index contributed by atoms with van der Waals surface area (Å²) in [6.45, 7) is 2.36. The molecule has 0 unspecified atom stereocenters. The third-order valence-electron chi connectivity index (χ3n) is 2.29. The third-order valence-corrected chi connectivity index (χ3v) is 2.29. The molecule has 4 nitrogen and oxygen atoms in total. The zero-order valence-corrected chi connectivity index (χ0v) is 9.03. The molecule has 1 heterocycles. The van der Waals surface area contributed by atoms with Crippen LogP contribution in [0.2, 0.25) is 0 Å². The van der Waals surface area contributed by atoms with Crippen molar-refractivity contribution < 1.29 is 9.15 Å². The van der Waals surface area contributed by atoms with Gasteiger partial charge in [-0.1, -0.05) is 19.1 Å². The molecule has 0 spiro atoms. The number of aromatic amines is 1. The number of hydrogen-bond donors (Lipinski definition) is 1. The van der Waals surface area contributed by atoms with Crippen molar-refractivity contribution in [2.75, 3.05) is 0 Å². The normalized spacial score (nSPS) is 10.3. The Labute approximate surface area is 92.9 Å². The van der Waals surface area contributed by atoms with Gasteiger partial charge in [0.25, 0.3) is 0 Å². The summed E-state index contributed by atoms with van der Waals surface area (Å²) in [4.78, 5) is 13.1. The summed E-state index contributed by atoms with van der Waals surface area (Å²) in [5.74, 6) is 0.797. The second-order valence-electron chi connectivity index (χ2n) is 3.43. The molecule has 0 amide bonds. The number of aromatic nitrogens is 1. The molecule has 0 aliphatic rings. The van der Waals surface area contributed by atoms with Crippen molar-refractivity contribution in [2.24, 2.45) is 0 Å². The van der Waals surface area contributed by atoms with Gasteiger partial charge in [-0.05, 0) is 24.1 Å². The molecule has 2 rings (SSSR count). The molecule has 0 bridgehead atoms. The summed E-state index contributed by atoms with van der Waals surface area (Å²) in [7, 11) is 0. The van der Waals surface area contributed by atoms with Gasteiger partial charge in [-0.15, -0.1) is 0 Å². The van der Waals surface area contributed by atoms with Gasteiger partial charge in [0.2, 0.25) is 0 Å². The lowest BCUT2D eigenvalue weighted by atomic mass is 10.2. The van der Waals surface area contributed by atoms with E-state index in [1.54, 1.807) is 0 Å². The molecule has 84 valence electrons. The van der Waals surface area contributed by atoms with E-state index in [-0.39, 0.29) is 6.61 Å². The van der Waals surface area contributed by atoms with Crippen molar-refractivity contribution >= 4 is 0 Å². The van der Waals surface area contributed by atoms with Crippen LogP contribution in [0.4, 0.5) is 0 Å². The van der Waals surface area contributed by atoms with Crippen LogP contribution in [-0.2, 0) is 13.0 Å². The second-order valence-corrected chi connectivity index (χ2v) is 3.43. The highest BCUT2D eigenvalue weighted by Crippen LogP contribution is 2.13. The smallest absolute Gasteiger partial charge is 0.416 e. The van der Waals surface area contributed by atoms with E-state index in [1.165, 1.54) is 11.8 Å². The van der Waals surface area contributed by atoms with Crippen LogP contribution in [0.15, 0.2) is 39.7 Å². The van der Waals surface area contributed by atoms with Gasteiger partial charge in [-0.3, -0.25) is 4.98 Å². The first-order valence-corrected chi connectivity index (χ1v) is 5.17. The van der Waals surface area contributed by atoms with E-state index < -0.39 is 5.76 Å². The minimum absolute atomic E-state index is 0.254. The number of H-pyrrole nitrogens is 1. The van der Waals surface area contributed by atoms with Gasteiger partial charge in [0.1, 0.15) is 12.4 Å². The van der Waals surface area contributed by atoms with Crippen molar-refractivity contribution in [3.8, 4) is 5.75 Å². The zero-order chi connectivity index (χ0) is 11.4. The van der Waals surface area contributed by atoms with Gasteiger partial charge in [0.15, 0.2) is 5.76 Å². The predicted molar refractivity (Wildman–Crippen MR) is 59.5 cm³/mol. The minimum atomic E-state index is -0.458. The van der Waals surface area contributed by atoms with Crippen molar-refractivity contribution in [3.05, 3.63) is 52.3 Å². The first kappa shape index (κ1) is 10.5. The molecular formula is C12H13NO3. The minimum Gasteiger partial charge on any atom is -0.486 e. The van der Waals surface area contributed by atoms with Crippen molar-refractivity contribution in [2.45, 2.75) is 20.0 Å². The van der Waals surface area contributed by atoms with E-state index in [2.05, 4.69) is 11.9 Å². The molecule has 0 saturated carbocycles. The second kappa shape index (κ2) is 4.70. The lowest BCUT2D eigenvalue weighted by Crippen LogP contribution is -1.96. The van der Waals surface area contributed by atoms with Crippen LogP contribution in [0, 0.1) is 0 Å². The third kappa shape index (κ3) is 2.53. The molecule has 2 aromatic rings. The fraction of sp³-hybridized carbons (Fsp3) is 0.250. The van der Waals surface area contributed by atoms with Gasteiger partial charge >= 0.3 is 5.76 Å². The Morgan fingerprint density at radius 3 is 2.62 bits per heavy atom. The standard InChI is InChI=1S/C12H13NO3/c1-2-9-3-5-10(6-4-9)15-8-11-7-13-12(14)16-11/h3-7H,2,8H2,1H3,(H,13,14). The van der Waals surface area contributed by atoms with Gasteiger partial charge in [0.05, 0.1) is 0 Å². The topological polar surface area (TPSA) is 55.2 Å². The Bertz CT molecular complexity index is 495. The van der Waals surface area contributed by atoms with Gasteiger partial charge in [0, 0.05) is 6.20 Å². The summed E-state index contributed by atoms with van der Waals surface area (Å²) in [5.41, 5.74) is 1.26. The molecule has 4 heteroatoms. The molecule has 1 aromatic heterocycles. The van der Waals surface area contributed by atoms with Gasteiger partial charge < -0.3 is 9.15 Å². The van der Waals surface area contributed by atoms with Crippen LogP contribution in [-0.4, -0.2) is 4.98 Å². The van der Waals surface area contributed by atoms with Crippen LogP contribution in [0.1, 0.15) is 18.2 Å². The van der Waals surface area contributed by atoms with Gasteiger partial charge in [-0.25, -0.2) is 4.79 Å². The van der Waals surface area contributed by atoms with Crippen molar-refractivity contribution in [3.63, 3.8) is 0 Å². The number of ether oxygens (including phenoxy) is 1. The Morgan fingerprint density at radius 2 is 2.06 bits per heavy atom. The number of aryl methyl sites for hydroxylation is 1. The van der Waals surface area contributed by atoms with E-state index in [1.807, 2.05) is 24.3 Å².